The van der Waals surface area contributed by atoms with Gasteiger partial charge in [-0.05, 0) is 30.0 Å². The number of hydrogen-bond donors (Lipinski definition) is 2. The molecule has 0 aliphatic rings. The Balaban J connectivity index is 1.77. The molecule has 2 N–H and O–H groups in total. The van der Waals surface area contributed by atoms with Crippen molar-refractivity contribution in [2.75, 3.05) is 18.5 Å². The van der Waals surface area contributed by atoms with Crippen LogP contribution < -0.4 is 15.4 Å². The van der Waals surface area contributed by atoms with Crippen LogP contribution >= 0.6 is 11.3 Å². The van der Waals surface area contributed by atoms with Crippen molar-refractivity contribution in [1.29, 1.82) is 0 Å². The molecule has 1 aromatic heterocycles. The Labute approximate surface area is 133 Å². The standard InChI is InChI=1S/C16H18N2O3S/c1-12(19)18-14-6-2-3-7-15(14)21-11-16(20)17-9-8-13-5-4-10-22-13/h2-7,10H,8-9,11H2,1H3,(H,17,20)(H,18,19). The Morgan fingerprint density at radius 3 is 2.73 bits per heavy atom. The molecule has 0 fully saturated rings. The zero-order chi connectivity index (χ0) is 15.8. The van der Waals surface area contributed by atoms with E-state index in [-0.39, 0.29) is 18.4 Å². The number of rotatable bonds is 7. The van der Waals surface area contributed by atoms with E-state index in [1.165, 1.54) is 11.8 Å². The molecular weight excluding hydrogens is 300 g/mol. The summed E-state index contributed by atoms with van der Waals surface area (Å²) in [6.45, 7) is 1.92. The number of amides is 2. The monoisotopic (exact) mass is 318 g/mol. The van der Waals surface area contributed by atoms with Gasteiger partial charge in [0.05, 0.1) is 5.69 Å². The first-order valence-electron chi connectivity index (χ1n) is 6.93. The third kappa shape index (κ3) is 5.21. The minimum Gasteiger partial charge on any atom is -0.482 e. The summed E-state index contributed by atoms with van der Waals surface area (Å²) >= 11 is 1.67. The number of nitrogens with one attached hydrogen (secondary N) is 2. The van der Waals surface area contributed by atoms with Gasteiger partial charge < -0.3 is 15.4 Å². The van der Waals surface area contributed by atoms with Gasteiger partial charge in [-0.2, -0.15) is 0 Å². The number of carbonyl (C=O) groups excluding carboxylic acids is 2. The molecule has 1 aromatic carbocycles. The quantitative estimate of drug-likeness (QED) is 0.824. The van der Waals surface area contributed by atoms with Crippen LogP contribution in [0.3, 0.4) is 0 Å². The fourth-order valence-corrected chi connectivity index (χ4v) is 2.57. The highest BCUT2D eigenvalue weighted by Crippen LogP contribution is 2.23. The van der Waals surface area contributed by atoms with Gasteiger partial charge in [0.25, 0.3) is 5.91 Å². The Morgan fingerprint density at radius 2 is 2.00 bits per heavy atom. The third-order valence-corrected chi connectivity index (χ3v) is 3.77. The van der Waals surface area contributed by atoms with Crippen molar-refractivity contribution in [3.05, 3.63) is 46.7 Å². The van der Waals surface area contributed by atoms with Crippen LogP contribution in [-0.2, 0) is 16.0 Å². The molecule has 22 heavy (non-hydrogen) atoms. The fourth-order valence-electron chi connectivity index (χ4n) is 1.86. The molecule has 2 amide bonds. The van der Waals surface area contributed by atoms with E-state index >= 15 is 0 Å². The lowest BCUT2D eigenvalue weighted by molar-refractivity contribution is -0.123. The summed E-state index contributed by atoms with van der Waals surface area (Å²) in [6, 6.07) is 11.0. The van der Waals surface area contributed by atoms with Crippen LogP contribution in [0.4, 0.5) is 5.69 Å². The minimum atomic E-state index is -0.186. The minimum absolute atomic E-state index is 0.0823. The van der Waals surface area contributed by atoms with Crippen LogP contribution in [0.2, 0.25) is 0 Å². The number of benzene rings is 1. The van der Waals surface area contributed by atoms with Crippen molar-refractivity contribution in [1.82, 2.24) is 5.32 Å². The maximum absolute atomic E-state index is 11.8. The molecule has 0 atom stereocenters. The van der Waals surface area contributed by atoms with E-state index in [9.17, 15) is 9.59 Å². The molecule has 6 heteroatoms. The Bertz CT molecular complexity index is 626. The van der Waals surface area contributed by atoms with Gasteiger partial charge in [0.2, 0.25) is 5.91 Å². The average molecular weight is 318 g/mol. The Kier molecular flexibility index (Phi) is 5.97. The predicted molar refractivity (Wildman–Crippen MR) is 87.3 cm³/mol. The summed E-state index contributed by atoms with van der Waals surface area (Å²) in [5, 5.41) is 7.48. The molecular formula is C16H18N2O3S. The van der Waals surface area contributed by atoms with E-state index in [0.717, 1.165) is 6.42 Å². The SMILES string of the molecule is CC(=O)Nc1ccccc1OCC(=O)NCCc1cccs1. The van der Waals surface area contributed by atoms with Gasteiger partial charge in [-0.15, -0.1) is 11.3 Å². The van der Waals surface area contributed by atoms with Crippen LogP contribution in [0.5, 0.6) is 5.75 Å². The number of hydrogen-bond acceptors (Lipinski definition) is 4. The molecule has 2 rings (SSSR count). The Hall–Kier alpha value is -2.34. The van der Waals surface area contributed by atoms with Crippen LogP contribution in [-0.4, -0.2) is 25.0 Å². The van der Waals surface area contributed by atoms with Crippen molar-refractivity contribution >= 4 is 28.8 Å². The second-order valence-electron chi connectivity index (χ2n) is 4.65. The molecule has 0 bridgehead atoms. The molecule has 2 aromatic rings. The van der Waals surface area contributed by atoms with Gasteiger partial charge in [-0.3, -0.25) is 9.59 Å². The third-order valence-electron chi connectivity index (χ3n) is 2.83. The second-order valence-corrected chi connectivity index (χ2v) is 5.68. The van der Waals surface area contributed by atoms with Crippen LogP contribution in [0, 0.1) is 0 Å². The molecule has 0 unspecified atom stereocenters. The summed E-state index contributed by atoms with van der Waals surface area (Å²) in [6.07, 6.45) is 0.811. The average Bonchev–Trinajstić information content (AvgIpc) is 2.99. The summed E-state index contributed by atoms with van der Waals surface area (Å²) in [4.78, 5) is 24.1. The van der Waals surface area contributed by atoms with Crippen LogP contribution in [0.25, 0.3) is 0 Å². The lowest BCUT2D eigenvalue weighted by Crippen LogP contribution is -2.30. The van der Waals surface area contributed by atoms with E-state index < -0.39 is 0 Å². The number of carbonyl (C=O) groups is 2. The largest absolute Gasteiger partial charge is 0.482 e. The highest BCUT2D eigenvalue weighted by Gasteiger charge is 2.07. The fraction of sp³-hybridized carbons (Fsp3) is 0.250. The molecule has 0 saturated heterocycles. The van der Waals surface area contributed by atoms with Gasteiger partial charge in [0.15, 0.2) is 6.61 Å². The molecule has 5 nitrogen and oxygen atoms in total. The van der Waals surface area contributed by atoms with E-state index in [1.54, 1.807) is 35.6 Å². The number of para-hydroxylation sites is 2. The highest BCUT2D eigenvalue weighted by atomic mass is 32.1. The lowest BCUT2D eigenvalue weighted by atomic mass is 10.3. The molecule has 0 aliphatic heterocycles. The number of ether oxygens (including phenoxy) is 1. The summed E-state index contributed by atoms with van der Waals surface area (Å²) in [5.41, 5.74) is 0.557. The second kappa shape index (κ2) is 8.19. The molecule has 0 radical (unpaired) electrons. The number of thiophene rings is 1. The van der Waals surface area contributed by atoms with Crippen molar-refractivity contribution in [2.24, 2.45) is 0 Å². The molecule has 0 aliphatic carbocycles. The van der Waals surface area contributed by atoms with Crippen molar-refractivity contribution in [2.45, 2.75) is 13.3 Å². The summed E-state index contributed by atoms with van der Waals surface area (Å²) < 4.78 is 5.46. The zero-order valence-corrected chi connectivity index (χ0v) is 13.1. The van der Waals surface area contributed by atoms with Gasteiger partial charge in [0.1, 0.15) is 5.75 Å². The first-order valence-corrected chi connectivity index (χ1v) is 7.81. The van der Waals surface area contributed by atoms with E-state index in [0.29, 0.717) is 18.0 Å². The van der Waals surface area contributed by atoms with E-state index in [2.05, 4.69) is 10.6 Å². The smallest absolute Gasteiger partial charge is 0.257 e. The van der Waals surface area contributed by atoms with Crippen molar-refractivity contribution < 1.29 is 14.3 Å². The summed E-state index contributed by atoms with van der Waals surface area (Å²) in [7, 11) is 0. The van der Waals surface area contributed by atoms with E-state index in [1.807, 2.05) is 17.5 Å². The highest BCUT2D eigenvalue weighted by molar-refractivity contribution is 7.09. The maximum Gasteiger partial charge on any atom is 0.257 e. The number of anilines is 1. The maximum atomic E-state index is 11.8. The van der Waals surface area contributed by atoms with Gasteiger partial charge in [-0.1, -0.05) is 18.2 Å². The first-order chi connectivity index (χ1) is 10.6. The normalized spacial score (nSPS) is 10.0. The summed E-state index contributed by atoms with van der Waals surface area (Å²) in [5.74, 6) is 0.108. The molecule has 1 heterocycles. The Morgan fingerprint density at radius 1 is 1.18 bits per heavy atom. The molecule has 0 spiro atoms. The topological polar surface area (TPSA) is 67.4 Å². The first kappa shape index (κ1) is 16.0. The zero-order valence-electron chi connectivity index (χ0n) is 12.3. The molecule has 0 saturated carbocycles. The van der Waals surface area contributed by atoms with Gasteiger partial charge in [0, 0.05) is 18.3 Å². The van der Waals surface area contributed by atoms with Gasteiger partial charge in [-0.25, -0.2) is 0 Å². The van der Waals surface area contributed by atoms with Crippen molar-refractivity contribution in [3.63, 3.8) is 0 Å². The lowest BCUT2D eigenvalue weighted by Gasteiger charge is -2.11. The predicted octanol–water partition coefficient (Wildman–Crippen LogP) is 2.44. The molecule has 116 valence electrons. The van der Waals surface area contributed by atoms with Gasteiger partial charge >= 0.3 is 0 Å². The van der Waals surface area contributed by atoms with Crippen molar-refractivity contribution in [3.8, 4) is 5.75 Å². The van der Waals surface area contributed by atoms with Crippen LogP contribution in [0.1, 0.15) is 11.8 Å². The van der Waals surface area contributed by atoms with Crippen LogP contribution in [0.15, 0.2) is 41.8 Å². The van der Waals surface area contributed by atoms with E-state index in [4.69, 9.17) is 4.74 Å².